The lowest BCUT2D eigenvalue weighted by Gasteiger charge is -2.15. The van der Waals surface area contributed by atoms with Crippen molar-refractivity contribution in [1.29, 1.82) is 0 Å². The number of anilines is 2. The summed E-state index contributed by atoms with van der Waals surface area (Å²) in [5.74, 6) is 0.0236. The molecule has 3 nitrogen and oxygen atoms in total. The second-order valence-electron chi connectivity index (χ2n) is 5.34. The van der Waals surface area contributed by atoms with Crippen LogP contribution in [0.1, 0.15) is 11.1 Å². The van der Waals surface area contributed by atoms with Gasteiger partial charge in [-0.25, -0.2) is 0 Å². The van der Waals surface area contributed by atoms with Crippen LogP contribution in [-0.4, -0.2) is 5.91 Å². The zero-order valence-corrected chi connectivity index (χ0v) is 12.0. The number of allylic oxidation sites excluding steroid dienone is 1. The average molecular weight is 297 g/mol. The number of carbonyl (C=O) groups excluding carboxylic acids is 1. The molecule has 104 valence electrons. The lowest BCUT2D eigenvalue weighted by molar-refractivity contribution is -0.115. The number of fused-ring (bicyclic) bond motifs is 2. The van der Waals surface area contributed by atoms with Crippen LogP contribution in [0.3, 0.4) is 0 Å². The molecule has 0 saturated carbocycles. The molecule has 1 amide bonds. The zero-order chi connectivity index (χ0) is 14.4. The number of rotatable bonds is 1. The van der Waals surface area contributed by atoms with Crippen LogP contribution in [0.25, 0.3) is 11.1 Å². The summed E-state index contributed by atoms with van der Waals surface area (Å²) in [6, 6.07) is 10.2. The Labute approximate surface area is 127 Å². The average Bonchev–Trinajstić information content (AvgIpc) is 2.85. The number of benzene rings is 2. The summed E-state index contributed by atoms with van der Waals surface area (Å²) < 4.78 is 0. The van der Waals surface area contributed by atoms with Crippen molar-refractivity contribution in [3.05, 3.63) is 58.8 Å². The third-order valence-corrected chi connectivity index (χ3v) is 4.25. The molecule has 4 rings (SSSR count). The van der Waals surface area contributed by atoms with Gasteiger partial charge in [-0.1, -0.05) is 29.8 Å². The lowest BCUT2D eigenvalue weighted by Crippen LogP contribution is -2.03. The number of carbonyl (C=O) groups is 1. The van der Waals surface area contributed by atoms with Gasteiger partial charge in [-0.05, 0) is 47.5 Å². The van der Waals surface area contributed by atoms with Crippen molar-refractivity contribution in [1.82, 2.24) is 0 Å². The van der Waals surface area contributed by atoms with Crippen molar-refractivity contribution in [3.63, 3.8) is 0 Å². The highest BCUT2D eigenvalue weighted by atomic mass is 35.5. The van der Waals surface area contributed by atoms with E-state index in [4.69, 9.17) is 11.6 Å². The first-order chi connectivity index (χ1) is 10.2. The van der Waals surface area contributed by atoms with Gasteiger partial charge in [0.15, 0.2) is 0 Å². The van der Waals surface area contributed by atoms with Crippen LogP contribution in [0.5, 0.6) is 0 Å². The van der Waals surface area contributed by atoms with Gasteiger partial charge in [0.2, 0.25) is 5.91 Å². The second-order valence-corrected chi connectivity index (χ2v) is 5.74. The molecule has 2 aliphatic heterocycles. The molecule has 0 bridgehead atoms. The minimum atomic E-state index is 0.0236. The van der Waals surface area contributed by atoms with Gasteiger partial charge in [0.25, 0.3) is 0 Å². The van der Waals surface area contributed by atoms with Crippen molar-refractivity contribution in [3.8, 4) is 11.1 Å². The summed E-state index contributed by atoms with van der Waals surface area (Å²) in [7, 11) is 0. The first kappa shape index (κ1) is 12.5. The van der Waals surface area contributed by atoms with Gasteiger partial charge in [-0.15, -0.1) is 0 Å². The minimum absolute atomic E-state index is 0.0236. The van der Waals surface area contributed by atoms with Crippen LogP contribution in [0.2, 0.25) is 5.02 Å². The first-order valence-corrected chi connectivity index (χ1v) is 7.25. The molecule has 2 heterocycles. The third kappa shape index (κ3) is 2.10. The van der Waals surface area contributed by atoms with E-state index in [2.05, 4.69) is 34.9 Å². The Balaban J connectivity index is 1.81. The molecule has 0 aromatic heterocycles. The number of hydrogen-bond acceptors (Lipinski definition) is 2. The normalized spacial score (nSPS) is 15.2. The maximum absolute atomic E-state index is 11.5. The van der Waals surface area contributed by atoms with Gasteiger partial charge in [0.1, 0.15) is 0 Å². The van der Waals surface area contributed by atoms with Crippen molar-refractivity contribution in [2.45, 2.75) is 12.8 Å². The predicted molar refractivity (Wildman–Crippen MR) is 85.7 cm³/mol. The molecule has 0 spiro atoms. The van der Waals surface area contributed by atoms with Gasteiger partial charge < -0.3 is 10.6 Å². The van der Waals surface area contributed by atoms with Gasteiger partial charge in [-0.3, -0.25) is 4.79 Å². The summed E-state index contributed by atoms with van der Waals surface area (Å²) in [4.78, 5) is 11.5. The summed E-state index contributed by atoms with van der Waals surface area (Å²) >= 11 is 6.39. The Morgan fingerprint density at radius 1 is 1.05 bits per heavy atom. The van der Waals surface area contributed by atoms with Crippen LogP contribution >= 0.6 is 11.6 Å². The molecule has 2 aliphatic rings. The predicted octanol–water partition coefficient (Wildman–Crippen LogP) is 3.98. The number of halogens is 1. The van der Waals surface area contributed by atoms with Crippen LogP contribution in [0.4, 0.5) is 11.4 Å². The maximum Gasteiger partial charge on any atom is 0.228 e. The Bertz CT molecular complexity index is 796. The molecule has 2 aromatic carbocycles. The molecule has 0 atom stereocenters. The molecule has 0 radical (unpaired) electrons. The molecule has 0 unspecified atom stereocenters. The van der Waals surface area contributed by atoms with Crippen molar-refractivity contribution < 1.29 is 4.79 Å². The van der Waals surface area contributed by atoms with Crippen LogP contribution in [0.15, 0.2) is 42.6 Å². The Morgan fingerprint density at radius 2 is 1.95 bits per heavy atom. The van der Waals surface area contributed by atoms with E-state index in [0.29, 0.717) is 11.4 Å². The Kier molecular flexibility index (Phi) is 2.76. The lowest BCUT2D eigenvalue weighted by atomic mass is 9.97. The van der Waals surface area contributed by atoms with Crippen molar-refractivity contribution in [2.24, 2.45) is 0 Å². The van der Waals surface area contributed by atoms with Crippen molar-refractivity contribution in [2.75, 3.05) is 10.6 Å². The van der Waals surface area contributed by atoms with Crippen molar-refractivity contribution >= 4 is 28.9 Å². The number of amides is 1. The number of nitrogens with one attached hydrogen (secondary N) is 2. The van der Waals surface area contributed by atoms with Crippen LogP contribution in [0, 0.1) is 0 Å². The van der Waals surface area contributed by atoms with E-state index in [1.165, 1.54) is 5.56 Å². The standard InChI is InChI=1S/C17H13ClN2O/c18-14-9-16-12(8-17(21)20-16)6-13(14)11-4-3-10-2-1-5-19-15(10)7-11/h1,3-7,9,19H,2,8H2,(H,20,21). The fourth-order valence-corrected chi connectivity index (χ4v) is 3.13. The SMILES string of the molecule is O=C1Cc2cc(-c3ccc4c(c3)NC=CC4)c(Cl)cc2N1. The molecule has 2 N–H and O–H groups in total. The molecular formula is C17H13ClN2O. The topological polar surface area (TPSA) is 41.1 Å². The highest BCUT2D eigenvalue weighted by Gasteiger charge is 2.20. The summed E-state index contributed by atoms with van der Waals surface area (Å²) in [5.41, 5.74) is 6.24. The molecule has 2 aromatic rings. The zero-order valence-electron chi connectivity index (χ0n) is 11.2. The fraction of sp³-hybridized carbons (Fsp3) is 0.118. The van der Waals surface area contributed by atoms with E-state index >= 15 is 0 Å². The molecule has 21 heavy (non-hydrogen) atoms. The van der Waals surface area contributed by atoms with E-state index < -0.39 is 0 Å². The van der Waals surface area contributed by atoms with Crippen LogP contribution < -0.4 is 10.6 Å². The summed E-state index contributed by atoms with van der Waals surface area (Å²) in [6.45, 7) is 0. The summed E-state index contributed by atoms with van der Waals surface area (Å²) in [5, 5.41) is 6.74. The Morgan fingerprint density at radius 3 is 2.86 bits per heavy atom. The largest absolute Gasteiger partial charge is 0.362 e. The Hall–Kier alpha value is -2.26. The smallest absolute Gasteiger partial charge is 0.228 e. The van der Waals surface area contributed by atoms with E-state index in [0.717, 1.165) is 34.5 Å². The molecule has 0 aliphatic carbocycles. The van der Waals surface area contributed by atoms with E-state index in [9.17, 15) is 4.79 Å². The van der Waals surface area contributed by atoms with Crippen LogP contribution in [-0.2, 0) is 17.6 Å². The van der Waals surface area contributed by atoms with Gasteiger partial charge in [0.05, 0.1) is 11.4 Å². The second kappa shape index (κ2) is 4.64. The van der Waals surface area contributed by atoms with Gasteiger partial charge >= 0.3 is 0 Å². The maximum atomic E-state index is 11.5. The first-order valence-electron chi connectivity index (χ1n) is 6.88. The van der Waals surface area contributed by atoms with E-state index in [-0.39, 0.29) is 5.91 Å². The number of hydrogen-bond donors (Lipinski definition) is 2. The quantitative estimate of drug-likeness (QED) is 0.835. The highest BCUT2D eigenvalue weighted by Crippen LogP contribution is 2.37. The monoisotopic (exact) mass is 296 g/mol. The molecule has 0 fully saturated rings. The van der Waals surface area contributed by atoms with Gasteiger partial charge in [-0.2, -0.15) is 0 Å². The minimum Gasteiger partial charge on any atom is -0.362 e. The highest BCUT2D eigenvalue weighted by molar-refractivity contribution is 6.34. The molecule has 0 saturated heterocycles. The van der Waals surface area contributed by atoms with E-state index in [1.807, 2.05) is 18.3 Å². The summed E-state index contributed by atoms with van der Waals surface area (Å²) in [6.07, 6.45) is 5.42. The molecular weight excluding hydrogens is 284 g/mol. The third-order valence-electron chi connectivity index (χ3n) is 3.93. The fourth-order valence-electron chi connectivity index (χ4n) is 2.86. The molecule has 4 heteroatoms. The van der Waals surface area contributed by atoms with Gasteiger partial charge in [0, 0.05) is 16.9 Å². The van der Waals surface area contributed by atoms with E-state index in [1.54, 1.807) is 0 Å².